The van der Waals surface area contributed by atoms with Crippen molar-refractivity contribution in [3.63, 3.8) is 0 Å². The van der Waals surface area contributed by atoms with Gasteiger partial charge in [-0.2, -0.15) is 0 Å². The molecule has 0 aromatic carbocycles. The molecule has 0 bridgehead atoms. The number of nitrogens with one attached hydrogen (secondary N) is 1. The van der Waals surface area contributed by atoms with Crippen molar-refractivity contribution in [1.29, 1.82) is 0 Å². The molecule has 0 aliphatic carbocycles. The van der Waals surface area contributed by atoms with Gasteiger partial charge in [0.1, 0.15) is 0 Å². The van der Waals surface area contributed by atoms with Gasteiger partial charge in [0.2, 0.25) is 0 Å². The summed E-state index contributed by atoms with van der Waals surface area (Å²) >= 11 is 1.74. The van der Waals surface area contributed by atoms with Gasteiger partial charge in [-0.1, -0.05) is 6.07 Å². The van der Waals surface area contributed by atoms with E-state index < -0.39 is 0 Å². The maximum absolute atomic E-state index is 8.82. The van der Waals surface area contributed by atoms with E-state index in [1.807, 2.05) is 13.0 Å². The third kappa shape index (κ3) is 2.59. The van der Waals surface area contributed by atoms with E-state index in [-0.39, 0.29) is 12.6 Å². The highest BCUT2D eigenvalue weighted by Crippen LogP contribution is 2.18. The van der Waals surface area contributed by atoms with Crippen molar-refractivity contribution in [2.24, 2.45) is 0 Å². The van der Waals surface area contributed by atoms with Gasteiger partial charge in [0.15, 0.2) is 0 Å². The highest BCUT2D eigenvalue weighted by molar-refractivity contribution is 7.10. The Kier molecular flexibility index (Phi) is 3.72. The molecule has 1 unspecified atom stereocenters. The predicted molar refractivity (Wildman–Crippen MR) is 52.4 cm³/mol. The first-order chi connectivity index (χ1) is 5.74. The van der Waals surface area contributed by atoms with E-state index in [1.54, 1.807) is 11.3 Å². The molecule has 0 saturated carbocycles. The Labute approximate surface area is 77.2 Å². The normalized spacial score (nSPS) is 15.9. The number of hydrogen-bond donors (Lipinski definition) is 2. The van der Waals surface area contributed by atoms with Gasteiger partial charge in [-0.05, 0) is 25.3 Å². The average Bonchev–Trinajstić information content (AvgIpc) is 2.56. The van der Waals surface area contributed by atoms with Gasteiger partial charge in [-0.3, -0.25) is 0 Å². The number of thiophene rings is 1. The van der Waals surface area contributed by atoms with Crippen molar-refractivity contribution in [3.8, 4) is 0 Å². The van der Waals surface area contributed by atoms with E-state index in [9.17, 15) is 0 Å². The molecular formula is C9H15NOS. The van der Waals surface area contributed by atoms with E-state index in [2.05, 4.69) is 23.7 Å². The van der Waals surface area contributed by atoms with Gasteiger partial charge >= 0.3 is 0 Å². The molecule has 0 radical (unpaired) electrons. The lowest BCUT2D eigenvalue weighted by Crippen LogP contribution is -2.31. The Bertz CT molecular complexity index is 210. The number of aliphatic hydroxyl groups is 1. The Morgan fingerprint density at radius 2 is 2.33 bits per heavy atom. The molecule has 1 rings (SSSR count). The number of hydrogen-bond acceptors (Lipinski definition) is 3. The van der Waals surface area contributed by atoms with Crippen LogP contribution in [-0.4, -0.2) is 17.8 Å². The zero-order valence-electron chi connectivity index (χ0n) is 7.45. The van der Waals surface area contributed by atoms with Crippen molar-refractivity contribution in [1.82, 2.24) is 5.32 Å². The standard InChI is InChI=1S/C9H15NOS/c1-7(6-11)10-8(2)9-4-3-5-12-9/h3-5,7-8,10-11H,6H2,1-2H3/t7-,8?/m1/s1. The van der Waals surface area contributed by atoms with E-state index in [4.69, 9.17) is 5.11 Å². The van der Waals surface area contributed by atoms with Crippen molar-refractivity contribution in [3.05, 3.63) is 22.4 Å². The summed E-state index contributed by atoms with van der Waals surface area (Å²) < 4.78 is 0. The van der Waals surface area contributed by atoms with E-state index >= 15 is 0 Å². The summed E-state index contributed by atoms with van der Waals surface area (Å²) in [6.07, 6.45) is 0. The molecule has 0 aliphatic heterocycles. The lowest BCUT2D eigenvalue weighted by Gasteiger charge is -2.16. The topological polar surface area (TPSA) is 32.3 Å². The third-order valence-electron chi connectivity index (χ3n) is 1.78. The van der Waals surface area contributed by atoms with Crippen LogP contribution in [0.3, 0.4) is 0 Å². The van der Waals surface area contributed by atoms with Gasteiger partial charge in [0.05, 0.1) is 6.61 Å². The molecule has 2 atom stereocenters. The van der Waals surface area contributed by atoms with Crippen molar-refractivity contribution in [2.75, 3.05) is 6.61 Å². The van der Waals surface area contributed by atoms with Crippen molar-refractivity contribution < 1.29 is 5.11 Å². The van der Waals surface area contributed by atoms with E-state index in [1.165, 1.54) is 4.88 Å². The van der Waals surface area contributed by atoms with E-state index in [0.717, 1.165) is 0 Å². The highest BCUT2D eigenvalue weighted by Gasteiger charge is 2.08. The molecule has 68 valence electrons. The molecule has 12 heavy (non-hydrogen) atoms. The van der Waals surface area contributed by atoms with Crippen LogP contribution in [0.1, 0.15) is 24.8 Å². The Balaban J connectivity index is 2.44. The molecule has 0 spiro atoms. The monoisotopic (exact) mass is 185 g/mol. The number of aliphatic hydroxyl groups excluding tert-OH is 1. The van der Waals surface area contributed by atoms with Crippen LogP contribution < -0.4 is 5.32 Å². The van der Waals surface area contributed by atoms with Gasteiger partial charge < -0.3 is 10.4 Å². The molecule has 0 aliphatic rings. The summed E-state index contributed by atoms with van der Waals surface area (Å²) in [6.45, 7) is 4.28. The minimum atomic E-state index is 0.169. The first-order valence-corrected chi connectivity index (χ1v) is 5.02. The summed E-state index contributed by atoms with van der Waals surface area (Å²) in [5.74, 6) is 0. The Morgan fingerprint density at radius 1 is 1.58 bits per heavy atom. The lowest BCUT2D eigenvalue weighted by molar-refractivity contribution is 0.243. The van der Waals surface area contributed by atoms with Crippen LogP contribution in [-0.2, 0) is 0 Å². The lowest BCUT2D eigenvalue weighted by atomic mass is 10.2. The molecule has 1 aromatic rings. The van der Waals surface area contributed by atoms with Crippen molar-refractivity contribution >= 4 is 11.3 Å². The summed E-state index contributed by atoms with van der Waals surface area (Å²) in [5, 5.41) is 14.2. The van der Waals surface area contributed by atoms with Gasteiger partial charge in [-0.15, -0.1) is 11.3 Å². The summed E-state index contributed by atoms with van der Waals surface area (Å²) in [7, 11) is 0. The van der Waals surface area contributed by atoms with Crippen LogP contribution in [0, 0.1) is 0 Å². The second kappa shape index (κ2) is 4.60. The maximum Gasteiger partial charge on any atom is 0.0582 e. The molecule has 1 aromatic heterocycles. The molecule has 2 nitrogen and oxygen atoms in total. The van der Waals surface area contributed by atoms with Crippen LogP contribution >= 0.6 is 11.3 Å². The van der Waals surface area contributed by atoms with Crippen LogP contribution in [0.25, 0.3) is 0 Å². The van der Waals surface area contributed by atoms with Crippen LogP contribution in [0.5, 0.6) is 0 Å². The molecule has 0 amide bonds. The molecule has 0 fully saturated rings. The Hall–Kier alpha value is -0.380. The average molecular weight is 185 g/mol. The molecule has 0 saturated heterocycles. The zero-order chi connectivity index (χ0) is 8.97. The Morgan fingerprint density at radius 3 is 2.83 bits per heavy atom. The second-order valence-electron chi connectivity index (χ2n) is 2.99. The van der Waals surface area contributed by atoms with Crippen LogP contribution in [0.4, 0.5) is 0 Å². The van der Waals surface area contributed by atoms with Gasteiger partial charge in [0.25, 0.3) is 0 Å². The smallest absolute Gasteiger partial charge is 0.0582 e. The molecule has 2 N–H and O–H groups in total. The fourth-order valence-corrected chi connectivity index (χ4v) is 1.84. The summed E-state index contributed by atoms with van der Waals surface area (Å²) in [6, 6.07) is 4.66. The largest absolute Gasteiger partial charge is 0.395 e. The predicted octanol–water partition coefficient (Wildman–Crippen LogP) is 1.78. The third-order valence-corrected chi connectivity index (χ3v) is 2.83. The molecule has 3 heteroatoms. The number of rotatable bonds is 4. The van der Waals surface area contributed by atoms with Gasteiger partial charge in [-0.25, -0.2) is 0 Å². The molecule has 1 heterocycles. The van der Waals surface area contributed by atoms with Crippen LogP contribution in [0.15, 0.2) is 17.5 Å². The fourth-order valence-electron chi connectivity index (χ4n) is 1.10. The van der Waals surface area contributed by atoms with Gasteiger partial charge in [0, 0.05) is 17.0 Å². The first kappa shape index (κ1) is 9.71. The highest BCUT2D eigenvalue weighted by atomic mass is 32.1. The van der Waals surface area contributed by atoms with E-state index in [0.29, 0.717) is 6.04 Å². The SMILES string of the molecule is CC(N[C@H](C)CO)c1cccs1. The summed E-state index contributed by atoms with van der Waals surface area (Å²) in [5.41, 5.74) is 0. The summed E-state index contributed by atoms with van der Waals surface area (Å²) in [4.78, 5) is 1.32. The van der Waals surface area contributed by atoms with Crippen LogP contribution in [0.2, 0.25) is 0 Å². The quantitative estimate of drug-likeness (QED) is 0.749. The minimum absolute atomic E-state index is 0.169. The molecular weight excluding hydrogens is 170 g/mol. The first-order valence-electron chi connectivity index (χ1n) is 4.14. The maximum atomic E-state index is 8.82. The minimum Gasteiger partial charge on any atom is -0.395 e. The fraction of sp³-hybridized carbons (Fsp3) is 0.556. The van der Waals surface area contributed by atoms with Crippen molar-refractivity contribution in [2.45, 2.75) is 25.9 Å². The zero-order valence-corrected chi connectivity index (χ0v) is 8.27. The second-order valence-corrected chi connectivity index (χ2v) is 3.97.